The average Bonchev–Trinajstić information content (AvgIpc) is 3.31. The van der Waals surface area contributed by atoms with Crippen LogP contribution in [-0.2, 0) is 20.9 Å². The number of unbranched alkanes of at least 4 members (excludes halogenated alkanes) is 1. The topological polar surface area (TPSA) is 113 Å². The Kier molecular flexibility index (Phi) is 10.1. The number of fused-ring (bicyclic) bond motifs is 3. The second-order valence-corrected chi connectivity index (χ2v) is 10.7. The number of hydrogen-bond acceptors (Lipinski definition) is 8. The van der Waals surface area contributed by atoms with E-state index in [1.54, 1.807) is 42.5 Å². The molecule has 1 aromatic heterocycles. The van der Waals surface area contributed by atoms with Gasteiger partial charge in [-0.25, -0.2) is 9.59 Å². The Hall–Kier alpha value is -4.79. The predicted molar refractivity (Wildman–Crippen MR) is 165 cm³/mol. The van der Waals surface area contributed by atoms with Gasteiger partial charge in [-0.1, -0.05) is 32.3 Å². The van der Waals surface area contributed by atoms with E-state index in [-0.39, 0.29) is 35.6 Å². The zero-order valence-electron chi connectivity index (χ0n) is 25.1. The highest BCUT2D eigenvalue weighted by molar-refractivity contribution is 6.46. The molecule has 0 aliphatic heterocycles. The third-order valence-corrected chi connectivity index (χ3v) is 6.87. The molecule has 0 saturated carbocycles. The first-order valence-corrected chi connectivity index (χ1v) is 14.5. The van der Waals surface area contributed by atoms with Crippen LogP contribution in [0.25, 0.3) is 21.8 Å². The minimum absolute atomic E-state index is 0.187. The van der Waals surface area contributed by atoms with E-state index < -0.39 is 12.1 Å². The van der Waals surface area contributed by atoms with Gasteiger partial charge in [0, 0.05) is 52.0 Å². The zero-order valence-corrected chi connectivity index (χ0v) is 25.1. The summed E-state index contributed by atoms with van der Waals surface area (Å²) in [6, 6.07) is 17.3. The number of ether oxygens (including phenoxy) is 2. The van der Waals surface area contributed by atoms with Gasteiger partial charge in [0.15, 0.2) is 5.78 Å². The third-order valence-electron chi connectivity index (χ3n) is 6.87. The first kappa shape index (κ1) is 31.2. The van der Waals surface area contributed by atoms with Gasteiger partial charge >= 0.3 is 12.1 Å². The Labute approximate surface area is 250 Å². The summed E-state index contributed by atoms with van der Waals surface area (Å²) in [4.78, 5) is 54.9. The van der Waals surface area contributed by atoms with Crippen LogP contribution >= 0.6 is 0 Å². The molecule has 0 spiro atoms. The zero-order chi connectivity index (χ0) is 31.1. The Morgan fingerprint density at radius 1 is 0.837 bits per heavy atom. The van der Waals surface area contributed by atoms with E-state index in [0.717, 1.165) is 34.6 Å². The lowest BCUT2D eigenvalue weighted by Crippen LogP contribution is -2.15. The molecule has 0 atom stereocenters. The van der Waals surface area contributed by atoms with Crippen molar-refractivity contribution in [3.8, 4) is 5.75 Å². The number of nitrogens with zero attached hydrogens (tertiary/aromatic N) is 2. The van der Waals surface area contributed by atoms with Crippen molar-refractivity contribution in [1.29, 1.82) is 0 Å². The van der Waals surface area contributed by atoms with Crippen molar-refractivity contribution in [2.24, 2.45) is 11.1 Å². The van der Waals surface area contributed by atoms with E-state index in [9.17, 15) is 19.2 Å². The van der Waals surface area contributed by atoms with E-state index >= 15 is 0 Å². The average molecular weight is 585 g/mol. The summed E-state index contributed by atoms with van der Waals surface area (Å²) in [7, 11) is 0. The van der Waals surface area contributed by atoms with Crippen molar-refractivity contribution in [2.45, 2.75) is 60.4 Å². The van der Waals surface area contributed by atoms with Crippen molar-refractivity contribution in [3.05, 3.63) is 77.4 Å². The molecule has 0 fully saturated rings. The maximum Gasteiger partial charge on any atom is 0.513 e. The Bertz CT molecular complexity index is 1700. The number of rotatable bonds is 12. The van der Waals surface area contributed by atoms with Crippen molar-refractivity contribution < 1.29 is 33.5 Å². The monoisotopic (exact) mass is 584 g/mol. The van der Waals surface area contributed by atoms with Gasteiger partial charge in [-0.2, -0.15) is 0 Å². The molecule has 0 saturated heterocycles. The van der Waals surface area contributed by atoms with Gasteiger partial charge in [0.2, 0.25) is 5.78 Å². The van der Waals surface area contributed by atoms with Crippen LogP contribution < -0.4 is 4.74 Å². The molecular formula is C34H36N2O7. The van der Waals surface area contributed by atoms with Crippen LogP contribution in [0.3, 0.4) is 0 Å². The number of carbonyl (C=O) groups excluding carboxylic acids is 4. The van der Waals surface area contributed by atoms with Crippen molar-refractivity contribution in [3.63, 3.8) is 0 Å². The fourth-order valence-electron chi connectivity index (χ4n) is 4.76. The van der Waals surface area contributed by atoms with Crippen LogP contribution in [0.15, 0.2) is 65.8 Å². The standard InChI is InChI=1S/C34H36N2O7/c1-6-8-9-29(35-43-22(5)37)33(39)25-13-17-31-28(19-25)27-18-24(12-16-30(27)36(31)7-2)32(38)23-10-14-26(15-11-23)42-34(40)41-20-21(3)4/h10-19,21H,6-9,20H2,1-5H3/b35-29+. The molecule has 0 unspecified atom stereocenters. The Morgan fingerprint density at radius 3 is 2.02 bits per heavy atom. The molecule has 0 amide bonds. The number of hydrogen-bond donors (Lipinski definition) is 0. The van der Waals surface area contributed by atoms with Gasteiger partial charge in [-0.15, -0.1) is 0 Å². The van der Waals surface area contributed by atoms with Gasteiger partial charge in [-0.3, -0.25) is 9.59 Å². The van der Waals surface area contributed by atoms with Crippen LogP contribution in [-0.4, -0.2) is 40.6 Å². The SMILES string of the molecule is CCCC/C(=N\OC(C)=O)C(=O)c1ccc2c(c1)c1cc(C(=O)c3ccc(OC(=O)OCC(C)C)cc3)ccc1n2CC. The Morgan fingerprint density at radius 2 is 1.44 bits per heavy atom. The highest BCUT2D eigenvalue weighted by Gasteiger charge is 2.20. The van der Waals surface area contributed by atoms with Crippen LogP contribution in [0, 0.1) is 5.92 Å². The molecule has 0 aliphatic carbocycles. The van der Waals surface area contributed by atoms with E-state index in [1.165, 1.54) is 6.92 Å². The second-order valence-electron chi connectivity index (χ2n) is 10.7. The van der Waals surface area contributed by atoms with Crippen LogP contribution in [0.2, 0.25) is 0 Å². The molecule has 4 rings (SSSR count). The number of Topliss-reactive ketones (excluding diaryl/α,β-unsaturated/α-hetero) is 1. The Balaban J connectivity index is 1.66. The second kappa shape index (κ2) is 13.9. The highest BCUT2D eigenvalue weighted by atomic mass is 16.7. The van der Waals surface area contributed by atoms with Gasteiger partial charge in [0.25, 0.3) is 0 Å². The van der Waals surface area contributed by atoms with E-state index in [0.29, 0.717) is 29.7 Å². The molecule has 9 nitrogen and oxygen atoms in total. The summed E-state index contributed by atoms with van der Waals surface area (Å²) in [5, 5.41) is 5.50. The first-order valence-electron chi connectivity index (χ1n) is 14.5. The number of ketones is 2. The lowest BCUT2D eigenvalue weighted by Gasteiger charge is -2.08. The molecule has 0 bridgehead atoms. The molecular weight excluding hydrogens is 548 g/mol. The summed E-state index contributed by atoms with van der Waals surface area (Å²) >= 11 is 0. The van der Waals surface area contributed by atoms with Crippen LogP contribution in [0.5, 0.6) is 5.75 Å². The van der Waals surface area contributed by atoms with Crippen LogP contribution in [0.4, 0.5) is 4.79 Å². The summed E-state index contributed by atoms with van der Waals surface area (Å²) in [6.45, 7) is 10.1. The maximum absolute atomic E-state index is 13.5. The normalized spacial score (nSPS) is 11.6. The molecule has 3 aromatic carbocycles. The van der Waals surface area contributed by atoms with Crippen LogP contribution in [0.1, 0.15) is 80.2 Å². The highest BCUT2D eigenvalue weighted by Crippen LogP contribution is 2.32. The van der Waals surface area contributed by atoms with Gasteiger partial charge < -0.3 is 18.9 Å². The molecule has 4 aromatic rings. The van der Waals surface area contributed by atoms with E-state index in [1.807, 2.05) is 45.9 Å². The minimum Gasteiger partial charge on any atom is -0.434 e. The smallest absolute Gasteiger partial charge is 0.434 e. The summed E-state index contributed by atoms with van der Waals surface area (Å²) < 4.78 is 12.4. The summed E-state index contributed by atoms with van der Waals surface area (Å²) in [5.41, 5.74) is 3.37. The molecule has 224 valence electrons. The maximum atomic E-state index is 13.5. The molecule has 0 aliphatic rings. The molecule has 0 radical (unpaired) electrons. The lowest BCUT2D eigenvalue weighted by atomic mass is 9.99. The quantitative estimate of drug-likeness (QED) is 0.0423. The summed E-state index contributed by atoms with van der Waals surface area (Å²) in [5.74, 6) is -0.633. The molecule has 43 heavy (non-hydrogen) atoms. The number of oxime groups is 1. The number of carbonyl (C=O) groups is 4. The van der Waals surface area contributed by atoms with Crippen molar-refractivity contribution in [1.82, 2.24) is 4.57 Å². The van der Waals surface area contributed by atoms with Gasteiger partial charge in [0.1, 0.15) is 11.5 Å². The van der Waals surface area contributed by atoms with Crippen molar-refractivity contribution in [2.75, 3.05) is 6.61 Å². The number of aryl methyl sites for hydroxylation is 1. The fourth-order valence-corrected chi connectivity index (χ4v) is 4.76. The van der Waals surface area contributed by atoms with Gasteiger partial charge in [0.05, 0.1) is 6.61 Å². The number of benzene rings is 3. The molecule has 1 heterocycles. The predicted octanol–water partition coefficient (Wildman–Crippen LogP) is 7.51. The van der Waals surface area contributed by atoms with E-state index in [2.05, 4.69) is 9.72 Å². The van der Waals surface area contributed by atoms with E-state index in [4.69, 9.17) is 14.3 Å². The molecule has 0 N–H and O–H groups in total. The third kappa shape index (κ3) is 7.35. The first-order chi connectivity index (χ1) is 20.6. The number of aromatic nitrogens is 1. The summed E-state index contributed by atoms with van der Waals surface area (Å²) in [6.07, 6.45) is 1.18. The fraction of sp³-hybridized carbons (Fsp3) is 0.324. The lowest BCUT2D eigenvalue weighted by molar-refractivity contribution is -0.140. The van der Waals surface area contributed by atoms with Crippen molar-refractivity contribution >= 4 is 51.2 Å². The molecule has 9 heteroatoms. The largest absolute Gasteiger partial charge is 0.513 e. The van der Waals surface area contributed by atoms with Gasteiger partial charge in [-0.05, 0) is 86.3 Å². The minimum atomic E-state index is -0.793.